The van der Waals surface area contributed by atoms with Crippen LogP contribution in [0.2, 0.25) is 0 Å². The molecular weight excluding hydrogens is 330 g/mol. The first kappa shape index (κ1) is 19.9. The Balaban J connectivity index is 3.25. The topological polar surface area (TPSA) is 35.5 Å². The van der Waals surface area contributed by atoms with Gasteiger partial charge in [-0.3, -0.25) is 0 Å². The Hall–Kier alpha value is -1.15. The molecule has 0 aliphatic heterocycles. The molecule has 0 saturated heterocycles. The fraction of sp³-hybridized carbons (Fsp3) is 0.929. The Kier molecular flexibility index (Phi) is 5.53. The number of carbonyl (C=O) groups excluding carboxylic acids is 1. The summed E-state index contributed by atoms with van der Waals surface area (Å²) >= 11 is 0. The lowest BCUT2D eigenvalue weighted by molar-refractivity contribution is -0.387. The van der Waals surface area contributed by atoms with Gasteiger partial charge in [-0.05, 0) is 33.6 Å². The van der Waals surface area contributed by atoms with Crippen LogP contribution in [0.4, 0.5) is 31.1 Å². The molecule has 0 heterocycles. The van der Waals surface area contributed by atoms with Gasteiger partial charge >= 0.3 is 24.1 Å². The summed E-state index contributed by atoms with van der Waals surface area (Å²) in [5.41, 5.74) is -5.81. The number of alkyl halides is 6. The zero-order valence-electron chi connectivity index (χ0n) is 13.1. The lowest BCUT2D eigenvalue weighted by atomic mass is 9.75. The van der Waals surface area contributed by atoms with E-state index in [1.807, 2.05) is 0 Å². The average molecular weight is 350 g/mol. The van der Waals surface area contributed by atoms with Gasteiger partial charge in [0.25, 0.3) is 0 Å². The maximum Gasteiger partial charge on any atom is 0.510 e. The molecule has 0 N–H and O–H groups in total. The molecule has 0 unspecified atom stereocenters. The zero-order valence-corrected chi connectivity index (χ0v) is 13.1. The second-order valence-electron chi connectivity index (χ2n) is 6.63. The molecule has 0 aromatic carbocycles. The SMILES string of the molecule is CC(C)(C)OC(=O)OC(C1CCCCC1)(C(F)(F)F)C(F)(F)F. The highest BCUT2D eigenvalue weighted by molar-refractivity contribution is 5.61. The smallest absolute Gasteiger partial charge is 0.429 e. The van der Waals surface area contributed by atoms with Crippen molar-refractivity contribution in [2.75, 3.05) is 0 Å². The van der Waals surface area contributed by atoms with E-state index in [9.17, 15) is 31.1 Å². The van der Waals surface area contributed by atoms with Gasteiger partial charge in [-0.15, -0.1) is 0 Å². The van der Waals surface area contributed by atoms with E-state index in [1.54, 1.807) is 0 Å². The number of rotatable bonds is 2. The predicted octanol–water partition coefficient (Wildman–Crippen LogP) is 5.38. The molecule has 0 radical (unpaired) electrons. The molecule has 9 heteroatoms. The lowest BCUT2D eigenvalue weighted by Gasteiger charge is -2.43. The van der Waals surface area contributed by atoms with Gasteiger partial charge in [0.15, 0.2) is 0 Å². The predicted molar refractivity (Wildman–Crippen MR) is 68.7 cm³/mol. The molecular formula is C14H20F6O3. The first-order valence-corrected chi connectivity index (χ1v) is 7.26. The van der Waals surface area contributed by atoms with E-state index in [0.29, 0.717) is 6.42 Å². The average Bonchev–Trinajstić information content (AvgIpc) is 2.31. The molecule has 1 aliphatic carbocycles. The van der Waals surface area contributed by atoms with E-state index in [0.717, 1.165) is 0 Å². The van der Waals surface area contributed by atoms with Crippen molar-refractivity contribution < 1.29 is 40.6 Å². The normalized spacial score (nSPS) is 18.7. The fourth-order valence-corrected chi connectivity index (χ4v) is 2.73. The van der Waals surface area contributed by atoms with Crippen LogP contribution in [-0.2, 0) is 9.47 Å². The molecule has 0 aromatic heterocycles. The highest BCUT2D eigenvalue weighted by Crippen LogP contribution is 2.54. The van der Waals surface area contributed by atoms with Gasteiger partial charge in [0.1, 0.15) is 5.60 Å². The minimum atomic E-state index is -5.79. The van der Waals surface area contributed by atoms with Crippen molar-refractivity contribution in [3.8, 4) is 0 Å². The number of hydrogen-bond donors (Lipinski definition) is 0. The lowest BCUT2D eigenvalue weighted by Crippen LogP contribution is -2.64. The number of ether oxygens (including phenoxy) is 2. The molecule has 136 valence electrons. The van der Waals surface area contributed by atoms with E-state index in [1.165, 1.54) is 20.8 Å². The van der Waals surface area contributed by atoms with Crippen molar-refractivity contribution >= 4 is 6.16 Å². The van der Waals surface area contributed by atoms with Crippen LogP contribution in [0.5, 0.6) is 0 Å². The summed E-state index contributed by atoms with van der Waals surface area (Å²) in [5.74, 6) is -1.87. The van der Waals surface area contributed by atoms with Gasteiger partial charge in [-0.1, -0.05) is 19.3 Å². The third-order valence-corrected chi connectivity index (χ3v) is 3.66. The summed E-state index contributed by atoms with van der Waals surface area (Å²) in [6.07, 6.45) is -13.2. The standard InChI is InChI=1S/C14H20F6O3/c1-11(2,3)22-10(21)23-12(13(15,16)17,14(18,19)20)9-7-5-4-6-8-9/h9H,4-8H2,1-3H3. The Morgan fingerprint density at radius 3 is 1.61 bits per heavy atom. The Labute approximate surface area is 130 Å². The monoisotopic (exact) mass is 350 g/mol. The molecule has 0 amide bonds. The first-order valence-electron chi connectivity index (χ1n) is 7.26. The summed E-state index contributed by atoms with van der Waals surface area (Å²) in [7, 11) is 0. The summed E-state index contributed by atoms with van der Waals surface area (Å²) in [4.78, 5) is 11.6. The Bertz CT molecular complexity index is 402. The molecule has 1 fully saturated rings. The molecule has 1 saturated carbocycles. The van der Waals surface area contributed by atoms with Crippen LogP contribution in [0.15, 0.2) is 0 Å². The minimum absolute atomic E-state index is 0.219. The molecule has 0 spiro atoms. The van der Waals surface area contributed by atoms with Crippen LogP contribution in [-0.4, -0.2) is 29.7 Å². The van der Waals surface area contributed by atoms with Gasteiger partial charge in [0, 0.05) is 5.92 Å². The van der Waals surface area contributed by atoms with Crippen LogP contribution < -0.4 is 0 Å². The van der Waals surface area contributed by atoms with Crippen LogP contribution in [0.25, 0.3) is 0 Å². The number of carbonyl (C=O) groups is 1. The molecule has 23 heavy (non-hydrogen) atoms. The van der Waals surface area contributed by atoms with Crippen molar-refractivity contribution in [1.29, 1.82) is 0 Å². The van der Waals surface area contributed by atoms with E-state index in [-0.39, 0.29) is 25.7 Å². The summed E-state index contributed by atoms with van der Waals surface area (Å²) in [6, 6.07) is 0. The van der Waals surface area contributed by atoms with Crippen molar-refractivity contribution in [3.05, 3.63) is 0 Å². The van der Waals surface area contributed by atoms with Crippen LogP contribution in [0.1, 0.15) is 52.9 Å². The van der Waals surface area contributed by atoms with Gasteiger partial charge in [0.05, 0.1) is 0 Å². The van der Waals surface area contributed by atoms with Crippen LogP contribution in [0, 0.1) is 5.92 Å². The van der Waals surface area contributed by atoms with Crippen molar-refractivity contribution in [2.45, 2.75) is 76.4 Å². The Morgan fingerprint density at radius 2 is 1.26 bits per heavy atom. The highest BCUT2D eigenvalue weighted by atomic mass is 19.4. The van der Waals surface area contributed by atoms with E-state index in [2.05, 4.69) is 9.47 Å². The van der Waals surface area contributed by atoms with E-state index in [4.69, 9.17) is 0 Å². The summed E-state index contributed by atoms with van der Waals surface area (Å²) in [6.45, 7) is 3.95. The molecule has 3 nitrogen and oxygen atoms in total. The minimum Gasteiger partial charge on any atom is -0.429 e. The van der Waals surface area contributed by atoms with Crippen molar-refractivity contribution in [2.24, 2.45) is 5.92 Å². The Morgan fingerprint density at radius 1 is 0.826 bits per heavy atom. The van der Waals surface area contributed by atoms with Crippen LogP contribution in [0.3, 0.4) is 0 Å². The van der Waals surface area contributed by atoms with Crippen molar-refractivity contribution in [1.82, 2.24) is 0 Å². The first-order chi connectivity index (χ1) is 10.2. The van der Waals surface area contributed by atoms with E-state index < -0.39 is 35.6 Å². The molecule has 0 bridgehead atoms. The largest absolute Gasteiger partial charge is 0.510 e. The molecule has 0 aromatic rings. The number of hydrogen-bond acceptors (Lipinski definition) is 3. The van der Waals surface area contributed by atoms with Gasteiger partial charge in [0.2, 0.25) is 0 Å². The van der Waals surface area contributed by atoms with Gasteiger partial charge < -0.3 is 9.47 Å². The highest BCUT2D eigenvalue weighted by Gasteiger charge is 2.77. The fourth-order valence-electron chi connectivity index (χ4n) is 2.73. The number of halogens is 6. The van der Waals surface area contributed by atoms with Gasteiger partial charge in [-0.2, -0.15) is 26.3 Å². The summed E-state index contributed by atoms with van der Waals surface area (Å²) in [5, 5.41) is 0. The van der Waals surface area contributed by atoms with E-state index >= 15 is 0 Å². The van der Waals surface area contributed by atoms with Crippen LogP contribution >= 0.6 is 0 Å². The third-order valence-electron chi connectivity index (χ3n) is 3.66. The van der Waals surface area contributed by atoms with Crippen molar-refractivity contribution in [3.63, 3.8) is 0 Å². The van der Waals surface area contributed by atoms with Gasteiger partial charge in [-0.25, -0.2) is 4.79 Å². The zero-order chi connectivity index (χ0) is 18.1. The molecule has 0 atom stereocenters. The summed E-state index contributed by atoms with van der Waals surface area (Å²) < 4.78 is 88.9. The maximum absolute atomic E-state index is 13.4. The second-order valence-corrected chi connectivity index (χ2v) is 6.63. The quantitative estimate of drug-likeness (QED) is 0.495. The third kappa shape index (κ3) is 4.44. The maximum atomic E-state index is 13.4. The molecule has 1 aliphatic rings. The molecule has 1 rings (SSSR count). The second kappa shape index (κ2) is 6.39.